The van der Waals surface area contributed by atoms with Crippen molar-refractivity contribution in [2.45, 2.75) is 132 Å². The van der Waals surface area contributed by atoms with Gasteiger partial charge in [0.05, 0.1) is 43.4 Å². The van der Waals surface area contributed by atoms with E-state index >= 15 is 0 Å². The minimum Gasteiger partial charge on any atom is -0.506 e. The van der Waals surface area contributed by atoms with E-state index in [0.29, 0.717) is 25.7 Å². The summed E-state index contributed by atoms with van der Waals surface area (Å²) in [5.41, 5.74) is 4.48. The minimum absolute atomic E-state index is 0.0119. The van der Waals surface area contributed by atoms with E-state index in [1.807, 2.05) is 40.7 Å². The van der Waals surface area contributed by atoms with Gasteiger partial charge in [0.25, 0.3) is 5.91 Å². The first-order chi connectivity index (χ1) is 27.8. The van der Waals surface area contributed by atoms with Crippen LogP contribution in [0.5, 0.6) is 17.2 Å². The van der Waals surface area contributed by atoms with E-state index < -0.39 is 21.6 Å². The highest BCUT2D eigenvalue weighted by atomic mass is 31.2. The van der Waals surface area contributed by atoms with Gasteiger partial charge >= 0.3 is 15.6 Å². The number of rotatable bonds is 28. The number of anilines is 3. The lowest BCUT2D eigenvalue weighted by Crippen LogP contribution is -2.30. The summed E-state index contributed by atoms with van der Waals surface area (Å²) < 4.78 is 62.6. The van der Waals surface area contributed by atoms with E-state index in [1.165, 1.54) is 28.2 Å². The first-order valence-electron chi connectivity index (χ1n) is 21.0. The number of phenols is 1. The summed E-state index contributed by atoms with van der Waals surface area (Å²) in [7, 11) is -8.24. The van der Waals surface area contributed by atoms with Gasteiger partial charge in [-0.25, -0.2) is 9.13 Å². The largest absolute Gasteiger partial charge is 0.530 e. The summed E-state index contributed by atoms with van der Waals surface area (Å²) in [6.45, 7) is 17.1. The molecule has 2 N–H and O–H groups in total. The second-order valence-electron chi connectivity index (χ2n) is 14.8. The summed E-state index contributed by atoms with van der Waals surface area (Å²) in [6, 6.07) is 7.65. The molecule has 0 spiro atoms. The molecular formula is C44H68N2O10P2. The van der Waals surface area contributed by atoms with Crippen LogP contribution in [0.2, 0.25) is 0 Å². The van der Waals surface area contributed by atoms with Gasteiger partial charge in [-0.1, -0.05) is 94.4 Å². The molecule has 0 saturated carbocycles. The number of benzene rings is 2. The third-order valence-electron chi connectivity index (χ3n) is 9.27. The maximum absolute atomic E-state index is 14.7. The van der Waals surface area contributed by atoms with Crippen molar-refractivity contribution < 1.29 is 46.2 Å². The Hall–Kier alpha value is -3.37. The molecule has 324 valence electrons. The fourth-order valence-corrected chi connectivity index (χ4v) is 8.28. The number of para-hydroxylation sites is 1. The molecule has 0 atom stereocenters. The van der Waals surface area contributed by atoms with Crippen LogP contribution in [-0.2, 0) is 27.2 Å². The number of carbonyl (C=O) groups excluding carboxylic acids is 1. The van der Waals surface area contributed by atoms with Crippen molar-refractivity contribution in [1.82, 2.24) is 0 Å². The van der Waals surface area contributed by atoms with Gasteiger partial charge in [-0.05, 0) is 91.2 Å². The molecule has 14 heteroatoms. The molecule has 12 nitrogen and oxygen atoms in total. The van der Waals surface area contributed by atoms with Crippen molar-refractivity contribution in [2.24, 2.45) is 0 Å². The van der Waals surface area contributed by atoms with Crippen LogP contribution in [0.25, 0.3) is 0 Å². The molecule has 1 aliphatic rings. The number of fused-ring (bicyclic) bond motifs is 2. The number of hydrogen-bond donors (Lipinski definition) is 2. The van der Waals surface area contributed by atoms with E-state index in [1.54, 1.807) is 18.2 Å². The lowest BCUT2D eigenvalue weighted by Gasteiger charge is -2.24. The van der Waals surface area contributed by atoms with E-state index in [2.05, 4.69) is 38.2 Å². The first kappa shape index (κ1) is 49.0. The van der Waals surface area contributed by atoms with E-state index in [-0.39, 0.29) is 72.8 Å². The first-order valence-corrected chi connectivity index (χ1v) is 23.9. The zero-order valence-corrected chi connectivity index (χ0v) is 37.9. The van der Waals surface area contributed by atoms with Crippen LogP contribution in [0.4, 0.5) is 17.1 Å². The molecule has 58 heavy (non-hydrogen) atoms. The third-order valence-corrected chi connectivity index (χ3v) is 12.1. The number of hydrogen-bond acceptors (Lipinski definition) is 11. The summed E-state index contributed by atoms with van der Waals surface area (Å²) >= 11 is 0. The van der Waals surface area contributed by atoms with Crippen LogP contribution in [0.15, 0.2) is 65.3 Å². The average Bonchev–Trinajstić information content (AvgIpc) is 3.28. The molecule has 3 rings (SSSR count). The number of phosphoric ester groups is 2. The molecule has 1 amide bonds. The molecule has 0 aromatic heterocycles. The molecule has 2 aromatic carbocycles. The Bertz CT molecular complexity index is 1780. The lowest BCUT2D eigenvalue weighted by molar-refractivity contribution is 0.0990. The van der Waals surface area contributed by atoms with Crippen molar-refractivity contribution in [2.75, 3.05) is 43.2 Å². The van der Waals surface area contributed by atoms with Crippen LogP contribution in [0.3, 0.4) is 0 Å². The number of amides is 1. The maximum Gasteiger partial charge on any atom is 0.530 e. The molecule has 0 fully saturated rings. The van der Waals surface area contributed by atoms with Crippen LogP contribution >= 0.6 is 15.6 Å². The van der Waals surface area contributed by atoms with Crippen LogP contribution < -0.4 is 19.3 Å². The molecular weight excluding hydrogens is 778 g/mol. The fourth-order valence-electron chi connectivity index (χ4n) is 5.75. The molecule has 0 aliphatic carbocycles. The maximum atomic E-state index is 14.7. The topological polar surface area (TPSA) is 142 Å². The van der Waals surface area contributed by atoms with Crippen molar-refractivity contribution >= 4 is 38.6 Å². The van der Waals surface area contributed by atoms with Crippen LogP contribution in [0, 0.1) is 0 Å². The van der Waals surface area contributed by atoms with Crippen molar-refractivity contribution in [1.29, 1.82) is 0 Å². The van der Waals surface area contributed by atoms with Gasteiger partial charge in [0.15, 0.2) is 5.75 Å². The number of aromatic hydroxyl groups is 1. The Morgan fingerprint density at radius 3 is 1.76 bits per heavy atom. The van der Waals surface area contributed by atoms with Gasteiger partial charge in [0, 0.05) is 18.7 Å². The highest BCUT2D eigenvalue weighted by molar-refractivity contribution is 7.49. The molecule has 1 heterocycles. The number of carbonyl (C=O) groups is 1. The predicted octanol–water partition coefficient (Wildman–Crippen LogP) is 13.8. The SMILES string of the molecule is CCCCOP(=O)(OCCCC)Oc1cc(O)c2c(c1)N(C/C=C(\C)CC/C=C(\C)CCC=C(C)C)C(=O)c1cccc(OP(=O)(OCCCC)OCCCC)c1N2. The number of phosphoric acid groups is 2. The molecule has 0 radical (unpaired) electrons. The summed E-state index contributed by atoms with van der Waals surface area (Å²) in [4.78, 5) is 16.2. The monoisotopic (exact) mass is 846 g/mol. The van der Waals surface area contributed by atoms with E-state index in [9.17, 15) is 19.0 Å². The van der Waals surface area contributed by atoms with Gasteiger partial charge in [-0.15, -0.1) is 0 Å². The van der Waals surface area contributed by atoms with Crippen molar-refractivity contribution in [3.05, 3.63) is 70.8 Å². The number of unbranched alkanes of at least 4 members (excludes halogenated alkanes) is 4. The Balaban J connectivity index is 2.09. The molecule has 0 unspecified atom stereocenters. The van der Waals surface area contributed by atoms with Crippen molar-refractivity contribution in [3.63, 3.8) is 0 Å². The molecule has 1 aliphatic heterocycles. The van der Waals surface area contributed by atoms with E-state index in [0.717, 1.165) is 56.9 Å². The standard InChI is InChI=1S/C44H68N2O10P2/c1-9-13-28-51-57(49,52-29-14-10-2)55-37-32-39-43(40(47)33-37)45-42-38(24-19-25-41(42)56-58(50,53-30-15-11-3)54-31-16-12-4)44(48)46(39)27-26-36(8)23-18-22-35(7)21-17-20-34(5)6/h19-20,22,24-26,32-33,45,47H,9-18,21,23,27-31H2,1-8H3/b35-22+,36-26+. The molecule has 2 aromatic rings. The van der Waals surface area contributed by atoms with Crippen molar-refractivity contribution in [3.8, 4) is 17.2 Å². The number of nitrogens with zero attached hydrogens (tertiary/aromatic N) is 1. The fraction of sp³-hybridized carbons (Fsp3) is 0.568. The Labute approximate surface area is 347 Å². The average molecular weight is 847 g/mol. The van der Waals surface area contributed by atoms with Gasteiger partial charge in [0.2, 0.25) is 0 Å². The molecule has 0 bridgehead atoms. The highest BCUT2D eigenvalue weighted by Crippen LogP contribution is 2.55. The van der Waals surface area contributed by atoms with Gasteiger partial charge in [-0.3, -0.25) is 22.9 Å². The number of nitrogens with one attached hydrogen (secondary N) is 1. The van der Waals surface area contributed by atoms with Crippen LogP contribution in [-0.4, -0.2) is 44.0 Å². The normalized spacial score (nSPS) is 13.4. The van der Waals surface area contributed by atoms with Gasteiger partial charge in [0.1, 0.15) is 17.2 Å². The molecule has 0 saturated heterocycles. The second kappa shape index (κ2) is 25.3. The summed E-state index contributed by atoms with van der Waals surface area (Å²) in [5.74, 6) is -0.705. The quantitative estimate of drug-likeness (QED) is 0.0366. The predicted molar refractivity (Wildman–Crippen MR) is 235 cm³/mol. The number of allylic oxidation sites excluding steroid dienone is 5. The highest BCUT2D eigenvalue weighted by Gasteiger charge is 2.36. The minimum atomic E-state index is -4.13. The van der Waals surface area contributed by atoms with E-state index in [4.69, 9.17) is 27.1 Å². The van der Waals surface area contributed by atoms with Crippen LogP contribution in [0.1, 0.15) is 143 Å². The Morgan fingerprint density at radius 2 is 1.22 bits per heavy atom. The third kappa shape index (κ3) is 16.0. The zero-order chi connectivity index (χ0) is 42.6. The summed E-state index contributed by atoms with van der Waals surface area (Å²) in [6.07, 6.45) is 16.0. The Kier molecular flexibility index (Phi) is 21.4. The smallest absolute Gasteiger partial charge is 0.506 e. The number of phenolic OH excluding ortho intramolecular Hbond substituents is 1. The second-order valence-corrected chi connectivity index (χ2v) is 18.0. The zero-order valence-electron chi connectivity index (χ0n) is 36.1. The lowest BCUT2D eigenvalue weighted by atomic mass is 10.1. The van der Waals surface area contributed by atoms with Gasteiger partial charge < -0.3 is 24.4 Å². The summed E-state index contributed by atoms with van der Waals surface area (Å²) in [5, 5.41) is 14.8. The van der Waals surface area contributed by atoms with Gasteiger partial charge in [-0.2, -0.15) is 0 Å². The Morgan fingerprint density at radius 1 is 0.707 bits per heavy atom.